The fourth-order valence-corrected chi connectivity index (χ4v) is 7.84. The summed E-state index contributed by atoms with van der Waals surface area (Å²) in [4.78, 5) is 49.3. The first-order valence-electron chi connectivity index (χ1n) is 14.4. The Morgan fingerprint density at radius 3 is 2.04 bits per heavy atom. The van der Waals surface area contributed by atoms with Gasteiger partial charge in [0.1, 0.15) is 17.2 Å². The van der Waals surface area contributed by atoms with Crippen molar-refractivity contribution in [1.29, 1.82) is 0 Å². The zero-order valence-electron chi connectivity index (χ0n) is 24.8. The zero-order valence-corrected chi connectivity index (χ0v) is 26.3. The van der Waals surface area contributed by atoms with Gasteiger partial charge in [-0.15, -0.1) is 36.4 Å². The Morgan fingerprint density at radius 1 is 0.824 bits per heavy atom. The second kappa shape index (κ2) is 11.2. The molecule has 7 rings (SSSR count). The van der Waals surface area contributed by atoms with Crippen LogP contribution < -0.4 is 21.0 Å². The minimum atomic E-state index is -5.30. The molecular weight excluding hydrogens is 747 g/mol. The van der Waals surface area contributed by atoms with Crippen LogP contribution in [-0.2, 0) is 16.1 Å². The van der Waals surface area contributed by atoms with Crippen molar-refractivity contribution < 1.29 is 54.6 Å². The molecule has 3 aliphatic rings. The fraction of sp³-hybridized carbons (Fsp3) is 0.226. The molecule has 1 saturated heterocycles. The molecule has 10 nitrogen and oxygen atoms in total. The van der Waals surface area contributed by atoms with Crippen LogP contribution in [0.2, 0.25) is 0 Å². The van der Waals surface area contributed by atoms with Crippen LogP contribution in [0, 0.1) is 29.1 Å². The SMILES string of the molecule is O=C1N(c2c(F)c(F)c(F)c(F)c2F)C(=O)C2(Cl)C(c3cc(OC(F)(F)F)ccc3O)C3=CCn4c(=O)n(-c5ccccc5)c(=O)n4C3CC12Cl. The summed E-state index contributed by atoms with van der Waals surface area (Å²) in [6, 6.07) is 7.75. The Bertz CT molecular complexity index is 2330. The molecule has 1 aliphatic carbocycles. The van der Waals surface area contributed by atoms with Crippen molar-refractivity contribution >= 4 is 40.7 Å². The van der Waals surface area contributed by atoms with Crippen molar-refractivity contribution in [1.82, 2.24) is 13.9 Å². The van der Waals surface area contributed by atoms with E-state index >= 15 is 8.78 Å². The lowest BCUT2D eigenvalue weighted by atomic mass is 9.64. The Labute approximate surface area is 287 Å². The van der Waals surface area contributed by atoms with E-state index in [9.17, 15) is 50.6 Å². The number of aromatic nitrogens is 3. The Kier molecular flexibility index (Phi) is 7.54. The van der Waals surface area contributed by atoms with Gasteiger partial charge in [0.05, 0.1) is 18.3 Å². The highest BCUT2D eigenvalue weighted by atomic mass is 35.5. The standard InChI is InChI=1S/C31H16Cl2F8N4O6/c32-29-11-16-14(8-9-42-27(49)43(28(50)45(16)42)12-4-2-1-3-5-12)18(15-10-13(6-7-17(15)46)51-31(39,40)41)30(29,33)26(48)44(25(29)47)24-22(37)20(35)19(34)21(36)23(24)38/h1-8,10,16,18,46H,9,11H2. The van der Waals surface area contributed by atoms with Gasteiger partial charge in [-0.25, -0.2) is 50.4 Å². The summed E-state index contributed by atoms with van der Waals surface area (Å²) in [5.41, 5.74) is -4.83. The summed E-state index contributed by atoms with van der Waals surface area (Å²) in [5.74, 6) is -20.7. The molecule has 3 aromatic carbocycles. The third-order valence-electron chi connectivity index (χ3n) is 9.05. The number of nitrogens with zero attached hydrogens (tertiary/aromatic N) is 4. The minimum Gasteiger partial charge on any atom is -0.508 e. The lowest BCUT2D eigenvalue weighted by Crippen LogP contribution is -2.59. The summed E-state index contributed by atoms with van der Waals surface area (Å²) in [5, 5.41) is 11.0. The number of anilines is 1. The number of alkyl halides is 5. The van der Waals surface area contributed by atoms with Crippen LogP contribution >= 0.6 is 23.2 Å². The Balaban J connectivity index is 1.51. The molecule has 20 heteroatoms. The van der Waals surface area contributed by atoms with E-state index in [1.807, 2.05) is 0 Å². The van der Waals surface area contributed by atoms with Crippen molar-refractivity contribution in [3.63, 3.8) is 0 Å². The van der Waals surface area contributed by atoms with Gasteiger partial charge in [0.25, 0.3) is 11.8 Å². The minimum absolute atomic E-state index is 0.0855. The van der Waals surface area contributed by atoms with Crippen LogP contribution in [0.1, 0.15) is 23.9 Å². The Hall–Kier alpha value is -5.10. The van der Waals surface area contributed by atoms with Crippen LogP contribution in [-0.4, -0.2) is 47.0 Å². The molecule has 4 aromatic rings. The summed E-state index contributed by atoms with van der Waals surface area (Å²) < 4.78 is 119. The van der Waals surface area contributed by atoms with E-state index in [4.69, 9.17) is 23.2 Å². The third kappa shape index (κ3) is 4.61. The maximum Gasteiger partial charge on any atom is 0.573 e. The number of fused-ring (bicyclic) bond motifs is 4. The van der Waals surface area contributed by atoms with Crippen LogP contribution in [0.5, 0.6) is 11.5 Å². The van der Waals surface area contributed by atoms with E-state index in [1.165, 1.54) is 30.3 Å². The molecule has 1 saturated carbocycles. The fourth-order valence-electron chi connectivity index (χ4n) is 6.93. The van der Waals surface area contributed by atoms with Gasteiger partial charge in [0, 0.05) is 17.9 Å². The van der Waals surface area contributed by atoms with Crippen molar-refractivity contribution in [3.05, 3.63) is 116 Å². The molecule has 4 atom stereocenters. The van der Waals surface area contributed by atoms with Gasteiger partial charge in [-0.05, 0) is 35.9 Å². The number of amides is 2. The quantitative estimate of drug-likeness (QED) is 0.0755. The topological polar surface area (TPSA) is 116 Å². The number of hydrogen-bond donors (Lipinski definition) is 1. The summed E-state index contributed by atoms with van der Waals surface area (Å²) in [7, 11) is 0. The lowest BCUT2D eigenvalue weighted by molar-refractivity contribution is -0.274. The molecule has 0 spiro atoms. The van der Waals surface area contributed by atoms with Crippen LogP contribution in [0.4, 0.5) is 40.8 Å². The summed E-state index contributed by atoms with van der Waals surface area (Å²) in [6.45, 7) is -0.471. The number of carbonyl (C=O) groups is 2. The number of benzene rings is 3. The molecule has 4 unspecified atom stereocenters. The smallest absolute Gasteiger partial charge is 0.508 e. The van der Waals surface area contributed by atoms with Crippen molar-refractivity contribution in [2.45, 2.75) is 41.0 Å². The number of halogens is 10. The van der Waals surface area contributed by atoms with Crippen molar-refractivity contribution in [2.75, 3.05) is 4.90 Å². The molecule has 3 heterocycles. The number of imide groups is 1. The highest BCUT2D eigenvalue weighted by molar-refractivity contribution is 6.58. The van der Waals surface area contributed by atoms with Gasteiger partial charge in [-0.3, -0.25) is 9.59 Å². The largest absolute Gasteiger partial charge is 0.573 e. The highest BCUT2D eigenvalue weighted by Crippen LogP contribution is 2.65. The van der Waals surface area contributed by atoms with Crippen LogP contribution in [0.25, 0.3) is 5.69 Å². The Morgan fingerprint density at radius 2 is 1.43 bits per heavy atom. The monoisotopic (exact) mass is 762 g/mol. The molecule has 51 heavy (non-hydrogen) atoms. The second-order valence-corrected chi connectivity index (χ2v) is 12.9. The number of rotatable bonds is 4. The maximum atomic E-state index is 15.2. The van der Waals surface area contributed by atoms with E-state index in [-0.39, 0.29) is 11.3 Å². The molecule has 2 aliphatic heterocycles. The zero-order chi connectivity index (χ0) is 37.1. The van der Waals surface area contributed by atoms with E-state index in [0.29, 0.717) is 18.2 Å². The van der Waals surface area contributed by atoms with Crippen molar-refractivity contribution in [2.24, 2.45) is 0 Å². The first-order valence-corrected chi connectivity index (χ1v) is 15.2. The average molecular weight is 763 g/mol. The second-order valence-electron chi connectivity index (χ2n) is 11.7. The van der Waals surface area contributed by atoms with Gasteiger partial charge in [-0.2, -0.15) is 0 Å². The molecule has 0 bridgehead atoms. The maximum absolute atomic E-state index is 15.2. The third-order valence-corrected chi connectivity index (χ3v) is 10.5. The molecule has 266 valence electrons. The lowest BCUT2D eigenvalue weighted by Gasteiger charge is -2.49. The van der Waals surface area contributed by atoms with Gasteiger partial charge in [0.15, 0.2) is 33.0 Å². The number of allylic oxidation sites excluding steroid dienone is 2. The molecule has 1 aromatic heterocycles. The van der Waals surface area contributed by atoms with Crippen molar-refractivity contribution in [3.8, 4) is 17.2 Å². The number of aromatic hydroxyl groups is 1. The molecule has 2 fully saturated rings. The first-order chi connectivity index (χ1) is 23.8. The molecule has 2 amide bonds. The first kappa shape index (κ1) is 34.4. The predicted molar refractivity (Wildman–Crippen MR) is 159 cm³/mol. The van der Waals surface area contributed by atoms with E-state index in [0.717, 1.165) is 13.9 Å². The number of phenolic OH excluding ortho intramolecular Hbond substituents is 1. The molecular formula is C31H16Cl2F8N4O6. The normalized spacial score (nSPS) is 24.3. The van der Waals surface area contributed by atoms with E-state index < -0.39 is 121 Å². The number of carbonyl (C=O) groups excluding carboxylic acids is 2. The molecule has 0 radical (unpaired) electrons. The average Bonchev–Trinajstić information content (AvgIpc) is 3.42. The van der Waals surface area contributed by atoms with E-state index in [2.05, 4.69) is 4.74 Å². The summed E-state index contributed by atoms with van der Waals surface area (Å²) in [6.07, 6.45) is -5.05. The van der Waals surface area contributed by atoms with Crippen LogP contribution in [0.15, 0.2) is 69.8 Å². The number of ether oxygens (including phenoxy) is 1. The summed E-state index contributed by atoms with van der Waals surface area (Å²) >= 11 is 13.9. The van der Waals surface area contributed by atoms with Gasteiger partial charge < -0.3 is 9.84 Å². The van der Waals surface area contributed by atoms with Crippen LogP contribution in [0.3, 0.4) is 0 Å². The van der Waals surface area contributed by atoms with Gasteiger partial charge in [0.2, 0.25) is 5.82 Å². The highest BCUT2D eigenvalue weighted by Gasteiger charge is 2.76. The van der Waals surface area contributed by atoms with Gasteiger partial charge >= 0.3 is 17.7 Å². The predicted octanol–water partition coefficient (Wildman–Crippen LogP) is 5.30. The number of para-hydroxylation sites is 1. The number of phenols is 1. The van der Waals surface area contributed by atoms with Gasteiger partial charge in [-0.1, -0.05) is 24.3 Å². The van der Waals surface area contributed by atoms with E-state index in [1.54, 1.807) is 6.07 Å². The molecule has 1 N–H and O–H groups in total. The number of hydrogen-bond acceptors (Lipinski definition) is 6.